The van der Waals surface area contributed by atoms with Crippen molar-refractivity contribution in [1.29, 1.82) is 0 Å². The first-order valence-electron chi connectivity index (χ1n) is 7.90. The van der Waals surface area contributed by atoms with E-state index in [0.717, 1.165) is 43.0 Å². The lowest BCUT2D eigenvalue weighted by Gasteiger charge is -2.24. The van der Waals surface area contributed by atoms with E-state index in [-0.39, 0.29) is 11.6 Å². The maximum absolute atomic E-state index is 6.09. The summed E-state index contributed by atoms with van der Waals surface area (Å²) < 4.78 is 7.87. The molecule has 1 aliphatic rings. The number of pyridine rings is 1. The average Bonchev–Trinajstić information content (AvgIpc) is 2.96. The zero-order valence-corrected chi connectivity index (χ0v) is 15.2. The third-order valence-electron chi connectivity index (χ3n) is 4.00. The van der Waals surface area contributed by atoms with Crippen molar-refractivity contribution in [3.05, 3.63) is 34.1 Å². The van der Waals surface area contributed by atoms with Crippen LogP contribution in [0.4, 0.5) is 0 Å². The van der Waals surface area contributed by atoms with Crippen LogP contribution in [0.1, 0.15) is 52.0 Å². The molecule has 2 aromatic rings. The van der Waals surface area contributed by atoms with Crippen LogP contribution in [-0.2, 0) is 10.2 Å². The summed E-state index contributed by atoms with van der Waals surface area (Å²) in [4.78, 5) is 4.41. The number of aromatic nitrogens is 3. The molecule has 0 aromatic carbocycles. The van der Waals surface area contributed by atoms with Gasteiger partial charge >= 0.3 is 0 Å². The third-order valence-corrected chi connectivity index (χ3v) is 4.69. The number of rotatable bonds is 2. The number of halogens is 2. The van der Waals surface area contributed by atoms with E-state index < -0.39 is 0 Å². The second kappa shape index (κ2) is 6.42. The van der Waals surface area contributed by atoms with Gasteiger partial charge in [0, 0.05) is 12.0 Å². The van der Waals surface area contributed by atoms with Gasteiger partial charge in [-0.25, -0.2) is 9.67 Å². The van der Waals surface area contributed by atoms with E-state index in [1.54, 1.807) is 6.07 Å². The predicted octanol–water partition coefficient (Wildman–Crippen LogP) is 5.25. The molecule has 4 nitrogen and oxygen atoms in total. The van der Waals surface area contributed by atoms with Crippen molar-refractivity contribution in [2.45, 2.75) is 51.7 Å². The molecule has 1 unspecified atom stereocenters. The number of nitrogens with zero attached hydrogens (tertiary/aromatic N) is 3. The van der Waals surface area contributed by atoms with E-state index in [1.807, 2.05) is 10.7 Å². The van der Waals surface area contributed by atoms with Gasteiger partial charge in [0.1, 0.15) is 5.15 Å². The van der Waals surface area contributed by atoms with Crippen molar-refractivity contribution in [2.75, 3.05) is 6.61 Å². The molecule has 0 amide bonds. The average molecular weight is 354 g/mol. The van der Waals surface area contributed by atoms with Gasteiger partial charge in [-0.3, -0.25) is 0 Å². The number of ether oxygens (including phenoxy) is 1. The quantitative estimate of drug-likeness (QED) is 0.692. The molecule has 6 heteroatoms. The molecule has 2 aromatic heterocycles. The van der Waals surface area contributed by atoms with Gasteiger partial charge in [0.15, 0.2) is 6.23 Å². The SMILES string of the molecule is CC(C)(C)c1cc(-c2ccc(Cl)c(Cl)n2)n(C2CCCCO2)n1. The highest BCUT2D eigenvalue weighted by Crippen LogP contribution is 2.33. The molecule has 0 saturated carbocycles. The fraction of sp³-hybridized carbons (Fsp3) is 0.529. The molecular weight excluding hydrogens is 333 g/mol. The van der Waals surface area contributed by atoms with Gasteiger partial charge in [0.25, 0.3) is 0 Å². The van der Waals surface area contributed by atoms with Crippen molar-refractivity contribution in [1.82, 2.24) is 14.8 Å². The van der Waals surface area contributed by atoms with Crippen LogP contribution in [0, 0.1) is 0 Å². The summed E-state index contributed by atoms with van der Waals surface area (Å²) in [5.41, 5.74) is 2.64. The Bertz CT molecular complexity index is 700. The standard InChI is InChI=1S/C17H21Cl2N3O/c1-17(2,3)14-10-13(12-8-7-11(18)16(19)20-12)22(21-14)15-6-4-5-9-23-15/h7-8,10,15H,4-6,9H2,1-3H3. The van der Waals surface area contributed by atoms with Crippen molar-refractivity contribution in [3.63, 3.8) is 0 Å². The summed E-state index contributed by atoms with van der Waals surface area (Å²) in [6.07, 6.45) is 3.15. The molecule has 0 bridgehead atoms. The van der Waals surface area contributed by atoms with Crippen molar-refractivity contribution < 1.29 is 4.74 Å². The second-order valence-corrected chi connectivity index (χ2v) is 7.66. The van der Waals surface area contributed by atoms with Gasteiger partial charge in [-0.1, -0.05) is 44.0 Å². The van der Waals surface area contributed by atoms with Crippen LogP contribution in [0.15, 0.2) is 18.2 Å². The lowest BCUT2D eigenvalue weighted by Crippen LogP contribution is -2.21. The van der Waals surface area contributed by atoms with Gasteiger partial charge in [0.05, 0.1) is 22.1 Å². The molecule has 0 aliphatic carbocycles. The summed E-state index contributed by atoms with van der Waals surface area (Å²) in [5, 5.41) is 5.56. The summed E-state index contributed by atoms with van der Waals surface area (Å²) in [5.74, 6) is 0. The molecule has 0 N–H and O–H groups in total. The van der Waals surface area contributed by atoms with Crippen molar-refractivity contribution in [3.8, 4) is 11.4 Å². The first-order chi connectivity index (χ1) is 10.9. The Kier molecular flexibility index (Phi) is 4.68. The third kappa shape index (κ3) is 3.54. The summed E-state index contributed by atoms with van der Waals surface area (Å²) in [6.45, 7) is 7.21. The lowest BCUT2D eigenvalue weighted by atomic mass is 9.92. The normalized spacial score (nSPS) is 19.1. The van der Waals surface area contributed by atoms with E-state index in [4.69, 9.17) is 33.0 Å². The fourth-order valence-corrected chi connectivity index (χ4v) is 2.91. The fourth-order valence-electron chi connectivity index (χ4n) is 2.65. The minimum atomic E-state index is -0.0507. The first-order valence-corrected chi connectivity index (χ1v) is 8.66. The van der Waals surface area contributed by atoms with Gasteiger partial charge < -0.3 is 4.74 Å². The molecule has 3 rings (SSSR count). The van der Waals surface area contributed by atoms with Crippen LogP contribution in [0.25, 0.3) is 11.4 Å². The van der Waals surface area contributed by atoms with Crippen molar-refractivity contribution >= 4 is 23.2 Å². The van der Waals surface area contributed by atoms with Crippen LogP contribution < -0.4 is 0 Å². The molecule has 1 aliphatic heterocycles. The van der Waals surface area contributed by atoms with Crippen LogP contribution in [0.5, 0.6) is 0 Å². The molecule has 0 spiro atoms. The Morgan fingerprint density at radius 1 is 1.22 bits per heavy atom. The van der Waals surface area contributed by atoms with Crippen LogP contribution in [0.3, 0.4) is 0 Å². The second-order valence-electron chi connectivity index (χ2n) is 6.90. The highest BCUT2D eigenvalue weighted by Gasteiger charge is 2.26. The zero-order valence-electron chi connectivity index (χ0n) is 13.6. The highest BCUT2D eigenvalue weighted by atomic mass is 35.5. The molecule has 3 heterocycles. The van der Waals surface area contributed by atoms with Crippen LogP contribution >= 0.6 is 23.2 Å². The smallest absolute Gasteiger partial charge is 0.150 e. The summed E-state index contributed by atoms with van der Waals surface area (Å²) in [6, 6.07) is 5.71. The topological polar surface area (TPSA) is 39.9 Å². The van der Waals surface area contributed by atoms with Crippen molar-refractivity contribution in [2.24, 2.45) is 0 Å². The molecular formula is C17H21Cl2N3O. The van der Waals surface area contributed by atoms with Crippen LogP contribution in [-0.4, -0.2) is 21.4 Å². The minimum absolute atomic E-state index is 0.0499. The molecule has 1 saturated heterocycles. The molecule has 124 valence electrons. The Hall–Kier alpha value is -1.10. The largest absolute Gasteiger partial charge is 0.356 e. The van der Waals surface area contributed by atoms with Gasteiger partial charge in [-0.15, -0.1) is 0 Å². The molecule has 23 heavy (non-hydrogen) atoms. The van der Waals surface area contributed by atoms with Crippen LogP contribution in [0.2, 0.25) is 10.2 Å². The Labute approximate surface area is 146 Å². The Morgan fingerprint density at radius 2 is 2.00 bits per heavy atom. The monoisotopic (exact) mass is 353 g/mol. The number of hydrogen-bond acceptors (Lipinski definition) is 3. The number of hydrogen-bond donors (Lipinski definition) is 0. The van der Waals surface area contributed by atoms with E-state index in [0.29, 0.717) is 10.2 Å². The van der Waals surface area contributed by atoms with Gasteiger partial charge in [0.2, 0.25) is 0 Å². The Balaban J connectivity index is 2.09. The molecule has 1 atom stereocenters. The Morgan fingerprint density at radius 3 is 2.61 bits per heavy atom. The lowest BCUT2D eigenvalue weighted by molar-refractivity contribution is -0.0387. The van der Waals surface area contributed by atoms with Gasteiger partial charge in [-0.05, 0) is 37.5 Å². The van der Waals surface area contributed by atoms with E-state index in [1.165, 1.54) is 0 Å². The summed E-state index contributed by atoms with van der Waals surface area (Å²) in [7, 11) is 0. The first kappa shape index (κ1) is 16.7. The van der Waals surface area contributed by atoms with E-state index >= 15 is 0 Å². The molecule has 1 fully saturated rings. The van der Waals surface area contributed by atoms with E-state index in [9.17, 15) is 0 Å². The predicted molar refractivity (Wildman–Crippen MR) is 93.0 cm³/mol. The maximum Gasteiger partial charge on any atom is 0.150 e. The van der Waals surface area contributed by atoms with E-state index in [2.05, 4.69) is 31.8 Å². The maximum atomic E-state index is 6.09. The minimum Gasteiger partial charge on any atom is -0.356 e. The van der Waals surface area contributed by atoms with Gasteiger partial charge in [-0.2, -0.15) is 5.10 Å². The summed E-state index contributed by atoms with van der Waals surface area (Å²) >= 11 is 12.1. The zero-order chi connectivity index (χ0) is 16.6. The highest BCUT2D eigenvalue weighted by molar-refractivity contribution is 6.41. The molecule has 0 radical (unpaired) electrons.